The summed E-state index contributed by atoms with van der Waals surface area (Å²) in [6, 6.07) is 3.66. The van der Waals surface area contributed by atoms with Crippen LogP contribution in [0.4, 0.5) is 0 Å². The first-order valence-corrected chi connectivity index (χ1v) is 5.48. The van der Waals surface area contributed by atoms with Gasteiger partial charge in [0, 0.05) is 24.3 Å². The molecule has 0 aliphatic carbocycles. The molecule has 0 spiro atoms. The molecule has 2 heterocycles. The second kappa shape index (κ2) is 4.14. The fourth-order valence-corrected chi connectivity index (χ4v) is 1.90. The molecule has 0 aliphatic heterocycles. The molecule has 84 valence electrons. The van der Waals surface area contributed by atoms with Gasteiger partial charge in [0.15, 0.2) is 5.65 Å². The van der Waals surface area contributed by atoms with Crippen molar-refractivity contribution in [2.75, 3.05) is 5.88 Å². The minimum Gasteiger partial charge on any atom is -0.289 e. The van der Waals surface area contributed by atoms with E-state index in [0.29, 0.717) is 23.8 Å². The Labute approximate surface area is 97.8 Å². The van der Waals surface area contributed by atoms with Crippen molar-refractivity contribution in [3.63, 3.8) is 0 Å². The van der Waals surface area contributed by atoms with E-state index in [-0.39, 0.29) is 5.69 Å². The zero-order valence-corrected chi connectivity index (χ0v) is 9.74. The number of rotatable bonds is 3. The molecular weight excluding hydrogens is 226 g/mol. The Morgan fingerprint density at radius 1 is 1.62 bits per heavy atom. The highest BCUT2D eigenvalue weighted by atomic mass is 35.5. The number of halogens is 1. The molecule has 0 fully saturated rings. The Bertz CT molecular complexity index is 597. The molecule has 0 N–H and O–H groups in total. The summed E-state index contributed by atoms with van der Waals surface area (Å²) in [5.74, 6) is 0.393. The van der Waals surface area contributed by atoms with Gasteiger partial charge in [-0.3, -0.25) is 4.57 Å². The quantitative estimate of drug-likeness (QED) is 0.766. The summed E-state index contributed by atoms with van der Waals surface area (Å²) in [6.45, 7) is 6.04. The zero-order chi connectivity index (χ0) is 11.7. The summed E-state index contributed by atoms with van der Waals surface area (Å²) in [6.07, 6.45) is 1.66. The monoisotopic (exact) mass is 237 g/mol. The predicted molar refractivity (Wildman–Crippen MR) is 65.7 cm³/mol. The van der Waals surface area contributed by atoms with Crippen molar-refractivity contribution in [3.05, 3.63) is 35.4 Å². The third-order valence-corrected chi connectivity index (χ3v) is 2.55. The normalized spacial score (nSPS) is 10.9. The Kier molecular flexibility index (Phi) is 2.83. The smallest absolute Gasteiger partial charge is 0.289 e. The molecule has 2 aromatic rings. The first kappa shape index (κ1) is 11.0. The van der Waals surface area contributed by atoms with Gasteiger partial charge in [-0.1, -0.05) is 6.58 Å². The van der Waals surface area contributed by atoms with E-state index < -0.39 is 0 Å². The molecule has 5 heteroatoms. The van der Waals surface area contributed by atoms with E-state index in [0.717, 1.165) is 5.52 Å². The number of hydrogen-bond acceptors (Lipinski definition) is 2. The maximum atomic E-state index is 12.1. The van der Waals surface area contributed by atoms with Crippen molar-refractivity contribution >= 4 is 28.5 Å². The van der Waals surface area contributed by atoms with Crippen LogP contribution in [0.2, 0.25) is 0 Å². The van der Waals surface area contributed by atoms with Gasteiger partial charge in [-0.05, 0) is 19.1 Å². The molecule has 0 atom stereocenters. The number of aryl methyl sites for hydroxylation is 1. The number of allylic oxidation sites excluding steroid dienone is 1. The molecule has 0 aliphatic rings. The molecule has 2 aromatic heterocycles. The highest BCUT2D eigenvalue weighted by molar-refractivity contribution is 6.17. The second-order valence-electron chi connectivity index (χ2n) is 3.54. The molecular formula is C11H12ClN3O. The van der Waals surface area contributed by atoms with E-state index in [9.17, 15) is 4.79 Å². The molecule has 0 aromatic carbocycles. The van der Waals surface area contributed by atoms with Gasteiger partial charge in [0.2, 0.25) is 0 Å². The van der Waals surface area contributed by atoms with E-state index >= 15 is 0 Å². The number of alkyl halides is 1. The van der Waals surface area contributed by atoms with Crippen LogP contribution < -0.4 is 5.69 Å². The Morgan fingerprint density at radius 3 is 3.00 bits per heavy atom. The average Bonchev–Trinajstić information content (AvgIpc) is 2.53. The number of fused-ring (bicyclic) bond motifs is 1. The molecule has 16 heavy (non-hydrogen) atoms. The number of aromatic nitrogens is 3. The lowest BCUT2D eigenvalue weighted by molar-refractivity contribution is 0.741. The van der Waals surface area contributed by atoms with Gasteiger partial charge >= 0.3 is 5.69 Å². The van der Waals surface area contributed by atoms with Crippen molar-refractivity contribution in [2.45, 2.75) is 13.5 Å². The molecule has 2 rings (SSSR count). The number of pyridine rings is 1. The van der Waals surface area contributed by atoms with E-state index in [1.54, 1.807) is 23.8 Å². The van der Waals surface area contributed by atoms with Gasteiger partial charge in [0.1, 0.15) is 0 Å². The van der Waals surface area contributed by atoms with Crippen LogP contribution in [0.1, 0.15) is 6.92 Å². The van der Waals surface area contributed by atoms with Crippen LogP contribution in [0.15, 0.2) is 29.7 Å². The first-order valence-electron chi connectivity index (χ1n) is 4.95. The highest BCUT2D eigenvalue weighted by Gasteiger charge is 2.13. The summed E-state index contributed by atoms with van der Waals surface area (Å²) in [7, 11) is 0. The fourth-order valence-electron chi connectivity index (χ4n) is 1.73. The maximum absolute atomic E-state index is 12.1. The summed E-state index contributed by atoms with van der Waals surface area (Å²) in [5, 5.41) is 0. The molecule has 0 saturated heterocycles. The predicted octanol–water partition coefficient (Wildman–Crippen LogP) is 1.93. The lowest BCUT2D eigenvalue weighted by Gasteiger charge is -1.98. The van der Waals surface area contributed by atoms with E-state index in [4.69, 9.17) is 11.6 Å². The number of hydrogen-bond donors (Lipinski definition) is 0. The molecule has 0 radical (unpaired) electrons. The third kappa shape index (κ3) is 1.55. The highest BCUT2D eigenvalue weighted by Crippen LogP contribution is 2.12. The zero-order valence-electron chi connectivity index (χ0n) is 8.98. The van der Waals surface area contributed by atoms with Crippen LogP contribution in [0.5, 0.6) is 0 Å². The minimum absolute atomic E-state index is 0.137. The standard InChI is InChI=1S/C11H12ClN3O/c1-8(2)15-10-9(4-3-6-13-10)14(7-5-12)11(15)16/h3-4,6H,1,5,7H2,2H3. The molecule has 0 unspecified atom stereocenters. The topological polar surface area (TPSA) is 39.8 Å². The minimum atomic E-state index is -0.137. The molecule has 0 amide bonds. The van der Waals surface area contributed by atoms with Gasteiger partial charge in [0.25, 0.3) is 0 Å². The van der Waals surface area contributed by atoms with Crippen molar-refractivity contribution in [3.8, 4) is 0 Å². The van der Waals surface area contributed by atoms with Gasteiger partial charge in [-0.2, -0.15) is 0 Å². The number of imidazole rings is 1. The summed E-state index contributed by atoms with van der Waals surface area (Å²) in [5.41, 5.74) is 1.94. The van der Waals surface area contributed by atoms with Crippen molar-refractivity contribution < 1.29 is 0 Å². The van der Waals surface area contributed by atoms with Crippen LogP contribution in [0, 0.1) is 0 Å². The lowest BCUT2D eigenvalue weighted by Crippen LogP contribution is -2.23. The first-order chi connectivity index (χ1) is 7.66. The van der Waals surface area contributed by atoms with Gasteiger partial charge in [0.05, 0.1) is 5.52 Å². The largest absolute Gasteiger partial charge is 0.334 e. The van der Waals surface area contributed by atoms with Crippen molar-refractivity contribution in [2.24, 2.45) is 0 Å². The van der Waals surface area contributed by atoms with E-state index in [1.807, 2.05) is 6.07 Å². The second-order valence-corrected chi connectivity index (χ2v) is 3.92. The van der Waals surface area contributed by atoms with Gasteiger partial charge in [-0.15, -0.1) is 11.6 Å². The molecule has 4 nitrogen and oxygen atoms in total. The summed E-state index contributed by atoms with van der Waals surface area (Å²) < 4.78 is 3.12. The van der Waals surface area contributed by atoms with Crippen LogP contribution in [0.3, 0.4) is 0 Å². The number of nitrogens with zero attached hydrogens (tertiary/aromatic N) is 3. The van der Waals surface area contributed by atoms with E-state index in [2.05, 4.69) is 11.6 Å². The fraction of sp³-hybridized carbons (Fsp3) is 0.273. The maximum Gasteiger partial charge on any atom is 0.334 e. The third-order valence-electron chi connectivity index (χ3n) is 2.38. The lowest BCUT2D eigenvalue weighted by atomic mass is 10.4. The molecule has 0 saturated carbocycles. The van der Waals surface area contributed by atoms with Crippen molar-refractivity contribution in [1.82, 2.24) is 14.1 Å². The average molecular weight is 238 g/mol. The SMILES string of the molecule is C=C(C)n1c(=O)n(CCCl)c2cccnc21. The van der Waals surface area contributed by atoms with E-state index in [1.165, 1.54) is 4.57 Å². The molecule has 0 bridgehead atoms. The van der Waals surface area contributed by atoms with Crippen LogP contribution in [0.25, 0.3) is 16.9 Å². The Morgan fingerprint density at radius 2 is 2.38 bits per heavy atom. The Balaban J connectivity index is 2.86. The van der Waals surface area contributed by atoms with Crippen LogP contribution in [-0.4, -0.2) is 20.0 Å². The van der Waals surface area contributed by atoms with Gasteiger partial charge in [-0.25, -0.2) is 14.3 Å². The van der Waals surface area contributed by atoms with Crippen molar-refractivity contribution in [1.29, 1.82) is 0 Å². The van der Waals surface area contributed by atoms with Crippen LogP contribution in [-0.2, 0) is 6.54 Å². The summed E-state index contributed by atoms with van der Waals surface area (Å²) in [4.78, 5) is 16.3. The van der Waals surface area contributed by atoms with Gasteiger partial charge < -0.3 is 0 Å². The summed E-state index contributed by atoms with van der Waals surface area (Å²) >= 11 is 5.69. The Hall–Kier alpha value is -1.55. The van der Waals surface area contributed by atoms with Crippen LogP contribution >= 0.6 is 11.6 Å².